The zero-order chi connectivity index (χ0) is 8.97. The Morgan fingerprint density at radius 1 is 1.92 bits per heavy atom. The number of hydrogen-bond acceptors (Lipinski definition) is 3. The lowest BCUT2D eigenvalue weighted by atomic mass is 10.1. The molecule has 0 aliphatic rings. The maximum atomic E-state index is 11.1. The molecule has 4 heteroatoms. The van der Waals surface area contributed by atoms with Crippen LogP contribution in [0, 0.1) is 0 Å². The van der Waals surface area contributed by atoms with Crippen molar-refractivity contribution in [1.29, 1.82) is 0 Å². The van der Waals surface area contributed by atoms with Gasteiger partial charge in [-0.2, -0.15) is 5.10 Å². The zero-order valence-corrected chi connectivity index (χ0v) is 6.78. The molecule has 0 bridgehead atoms. The van der Waals surface area contributed by atoms with Crippen LogP contribution in [0.25, 0.3) is 0 Å². The van der Waals surface area contributed by atoms with Gasteiger partial charge in [0.15, 0.2) is 0 Å². The summed E-state index contributed by atoms with van der Waals surface area (Å²) in [5, 5.41) is 6.42. The highest BCUT2D eigenvalue weighted by Gasteiger charge is 2.16. The van der Waals surface area contributed by atoms with Crippen LogP contribution in [0.2, 0.25) is 0 Å². The van der Waals surface area contributed by atoms with Crippen molar-refractivity contribution in [1.82, 2.24) is 10.2 Å². The minimum Gasteiger partial charge on any atom is -0.435 e. The van der Waals surface area contributed by atoms with Crippen molar-refractivity contribution in [2.75, 3.05) is 0 Å². The highest BCUT2D eigenvalue weighted by Crippen LogP contribution is 2.12. The second-order valence-electron chi connectivity index (χ2n) is 2.34. The van der Waals surface area contributed by atoms with Crippen LogP contribution in [0.1, 0.15) is 18.5 Å². The topological polar surface area (TPSA) is 55.0 Å². The van der Waals surface area contributed by atoms with Crippen molar-refractivity contribution in [3.63, 3.8) is 0 Å². The van der Waals surface area contributed by atoms with E-state index < -0.39 is 0 Å². The molecule has 12 heavy (non-hydrogen) atoms. The van der Waals surface area contributed by atoms with E-state index in [4.69, 9.17) is 0 Å². The molecule has 0 saturated carbocycles. The average molecular weight is 166 g/mol. The minimum absolute atomic E-state index is 0.328. The van der Waals surface area contributed by atoms with Crippen LogP contribution in [-0.2, 0) is 9.53 Å². The summed E-state index contributed by atoms with van der Waals surface area (Å²) >= 11 is 0. The van der Waals surface area contributed by atoms with E-state index in [2.05, 4.69) is 21.5 Å². The molecule has 1 aromatic heterocycles. The Labute approximate surface area is 70.2 Å². The SMILES string of the molecule is C=COC(=O)C(C)c1ccn[nH]1. The number of aromatic amines is 1. The van der Waals surface area contributed by atoms with E-state index in [1.165, 1.54) is 0 Å². The molecule has 0 aliphatic carbocycles. The van der Waals surface area contributed by atoms with E-state index >= 15 is 0 Å². The lowest BCUT2D eigenvalue weighted by Gasteiger charge is -2.04. The predicted molar refractivity (Wildman–Crippen MR) is 43.3 cm³/mol. The van der Waals surface area contributed by atoms with Crippen molar-refractivity contribution in [3.05, 3.63) is 30.8 Å². The van der Waals surface area contributed by atoms with Gasteiger partial charge in [-0.15, -0.1) is 0 Å². The van der Waals surface area contributed by atoms with E-state index in [9.17, 15) is 4.79 Å². The van der Waals surface area contributed by atoms with Gasteiger partial charge in [-0.1, -0.05) is 6.58 Å². The molecule has 1 N–H and O–H groups in total. The average Bonchev–Trinajstić information content (AvgIpc) is 2.55. The van der Waals surface area contributed by atoms with Gasteiger partial charge >= 0.3 is 5.97 Å². The Balaban J connectivity index is 2.65. The van der Waals surface area contributed by atoms with E-state index in [1.54, 1.807) is 19.2 Å². The van der Waals surface area contributed by atoms with Crippen molar-refractivity contribution in [2.24, 2.45) is 0 Å². The first-order chi connectivity index (χ1) is 5.75. The molecule has 4 nitrogen and oxygen atoms in total. The van der Waals surface area contributed by atoms with Gasteiger partial charge in [-0.3, -0.25) is 9.89 Å². The van der Waals surface area contributed by atoms with Gasteiger partial charge in [0, 0.05) is 11.9 Å². The van der Waals surface area contributed by atoms with Gasteiger partial charge in [-0.25, -0.2) is 0 Å². The molecule has 0 aromatic carbocycles. The molecule has 1 unspecified atom stereocenters. The molecule has 0 fully saturated rings. The third kappa shape index (κ3) is 1.72. The number of aromatic nitrogens is 2. The summed E-state index contributed by atoms with van der Waals surface area (Å²) < 4.78 is 4.60. The highest BCUT2D eigenvalue weighted by molar-refractivity contribution is 5.77. The molecule has 0 aliphatic heterocycles. The second-order valence-corrected chi connectivity index (χ2v) is 2.34. The molecular formula is C8H10N2O2. The monoisotopic (exact) mass is 166 g/mol. The summed E-state index contributed by atoms with van der Waals surface area (Å²) in [5.74, 6) is -0.667. The van der Waals surface area contributed by atoms with Crippen LogP contribution in [0.3, 0.4) is 0 Å². The Morgan fingerprint density at radius 3 is 3.17 bits per heavy atom. The fraction of sp³-hybridized carbons (Fsp3) is 0.250. The summed E-state index contributed by atoms with van der Waals surface area (Å²) in [6.07, 6.45) is 2.71. The van der Waals surface area contributed by atoms with Crippen LogP contribution in [0.15, 0.2) is 25.1 Å². The smallest absolute Gasteiger partial charge is 0.319 e. The standard InChI is InChI=1S/C8H10N2O2/c1-3-12-8(11)6(2)7-4-5-9-10-7/h3-6H,1H2,2H3,(H,9,10). The van der Waals surface area contributed by atoms with E-state index in [1.807, 2.05) is 0 Å². The van der Waals surface area contributed by atoms with Crippen LogP contribution < -0.4 is 0 Å². The predicted octanol–water partition coefficient (Wildman–Crippen LogP) is 1.20. The lowest BCUT2D eigenvalue weighted by molar-refractivity contribution is -0.139. The van der Waals surface area contributed by atoms with E-state index in [0.717, 1.165) is 12.0 Å². The molecule has 0 spiro atoms. The molecule has 0 amide bonds. The number of carbonyl (C=O) groups excluding carboxylic acids is 1. The summed E-state index contributed by atoms with van der Waals surface area (Å²) in [4.78, 5) is 11.1. The maximum Gasteiger partial charge on any atom is 0.319 e. The van der Waals surface area contributed by atoms with Crippen molar-refractivity contribution in [3.8, 4) is 0 Å². The lowest BCUT2D eigenvalue weighted by Crippen LogP contribution is -2.10. The summed E-state index contributed by atoms with van der Waals surface area (Å²) in [6.45, 7) is 5.03. The number of hydrogen-bond donors (Lipinski definition) is 1. The molecule has 1 aromatic rings. The summed E-state index contributed by atoms with van der Waals surface area (Å²) in [7, 11) is 0. The number of rotatable bonds is 3. The molecule has 0 radical (unpaired) electrons. The number of nitrogens with zero attached hydrogens (tertiary/aromatic N) is 1. The number of nitrogens with one attached hydrogen (secondary N) is 1. The first-order valence-electron chi connectivity index (χ1n) is 3.56. The number of H-pyrrole nitrogens is 1. The zero-order valence-electron chi connectivity index (χ0n) is 6.78. The number of esters is 1. The van der Waals surface area contributed by atoms with E-state index in [0.29, 0.717) is 0 Å². The minimum atomic E-state index is -0.339. The number of carbonyl (C=O) groups is 1. The molecule has 1 heterocycles. The molecular weight excluding hydrogens is 156 g/mol. The second kappa shape index (κ2) is 3.71. The summed E-state index contributed by atoms with van der Waals surface area (Å²) in [6, 6.07) is 1.73. The normalized spacial score (nSPS) is 12.1. The third-order valence-electron chi connectivity index (χ3n) is 1.54. The van der Waals surface area contributed by atoms with Crippen LogP contribution >= 0.6 is 0 Å². The quantitative estimate of drug-likeness (QED) is 0.542. The van der Waals surface area contributed by atoms with Gasteiger partial charge in [0.1, 0.15) is 0 Å². The Kier molecular flexibility index (Phi) is 2.63. The van der Waals surface area contributed by atoms with Crippen LogP contribution in [-0.4, -0.2) is 16.2 Å². The van der Waals surface area contributed by atoms with Crippen molar-refractivity contribution >= 4 is 5.97 Å². The van der Waals surface area contributed by atoms with Gasteiger partial charge < -0.3 is 4.74 Å². The first kappa shape index (κ1) is 8.52. The largest absolute Gasteiger partial charge is 0.435 e. The fourth-order valence-corrected chi connectivity index (χ4v) is 0.819. The fourth-order valence-electron chi connectivity index (χ4n) is 0.819. The van der Waals surface area contributed by atoms with Crippen molar-refractivity contribution in [2.45, 2.75) is 12.8 Å². The Morgan fingerprint density at radius 2 is 2.67 bits per heavy atom. The van der Waals surface area contributed by atoms with Crippen LogP contribution in [0.5, 0.6) is 0 Å². The van der Waals surface area contributed by atoms with E-state index in [-0.39, 0.29) is 11.9 Å². The molecule has 64 valence electrons. The number of ether oxygens (including phenoxy) is 1. The first-order valence-corrected chi connectivity index (χ1v) is 3.56. The highest BCUT2D eigenvalue weighted by atomic mass is 16.5. The summed E-state index contributed by atoms with van der Waals surface area (Å²) in [5.41, 5.74) is 0.738. The van der Waals surface area contributed by atoms with Crippen molar-refractivity contribution < 1.29 is 9.53 Å². The molecule has 1 rings (SSSR count). The van der Waals surface area contributed by atoms with Crippen LogP contribution in [0.4, 0.5) is 0 Å². The molecule has 0 saturated heterocycles. The Bertz CT molecular complexity index is 267. The van der Waals surface area contributed by atoms with Gasteiger partial charge in [0.2, 0.25) is 0 Å². The molecule has 1 atom stereocenters. The maximum absolute atomic E-state index is 11.1. The Hall–Kier alpha value is -1.58. The third-order valence-corrected chi connectivity index (χ3v) is 1.54. The van der Waals surface area contributed by atoms with Gasteiger partial charge in [-0.05, 0) is 13.0 Å². The van der Waals surface area contributed by atoms with Gasteiger partial charge in [0.25, 0.3) is 0 Å². The van der Waals surface area contributed by atoms with Gasteiger partial charge in [0.05, 0.1) is 12.2 Å².